The molecule has 1 aromatic carbocycles. The second kappa shape index (κ2) is 7.17. The third kappa shape index (κ3) is 3.70. The summed E-state index contributed by atoms with van der Waals surface area (Å²) in [6, 6.07) is 8.81. The first-order chi connectivity index (χ1) is 10.5. The van der Waals surface area contributed by atoms with Gasteiger partial charge in [-0.3, -0.25) is 9.59 Å². The smallest absolute Gasteiger partial charge is 0.238 e. The zero-order valence-electron chi connectivity index (χ0n) is 11.4. The SMILES string of the molecule is N#CCN(CC#N)C(=O)CC1Sc2ccc(Cl)cc2NC1=O. The van der Waals surface area contributed by atoms with Crippen LogP contribution in [0.2, 0.25) is 5.02 Å². The number of rotatable bonds is 4. The lowest BCUT2D eigenvalue weighted by Gasteiger charge is -2.25. The Morgan fingerprint density at radius 3 is 2.68 bits per heavy atom. The number of nitriles is 2. The largest absolute Gasteiger partial charge is 0.324 e. The molecular weight excluding hydrogens is 324 g/mol. The van der Waals surface area contributed by atoms with Gasteiger partial charge in [0.25, 0.3) is 0 Å². The maximum atomic E-state index is 12.1. The molecule has 0 aromatic heterocycles. The van der Waals surface area contributed by atoms with Crippen molar-refractivity contribution in [1.29, 1.82) is 10.5 Å². The lowest BCUT2D eigenvalue weighted by atomic mass is 10.2. The van der Waals surface area contributed by atoms with Crippen LogP contribution in [-0.2, 0) is 9.59 Å². The zero-order chi connectivity index (χ0) is 16.1. The summed E-state index contributed by atoms with van der Waals surface area (Å²) >= 11 is 7.15. The zero-order valence-corrected chi connectivity index (χ0v) is 12.9. The van der Waals surface area contributed by atoms with E-state index in [-0.39, 0.29) is 25.4 Å². The minimum atomic E-state index is -0.596. The van der Waals surface area contributed by atoms with E-state index in [0.717, 1.165) is 9.80 Å². The number of anilines is 1. The van der Waals surface area contributed by atoms with Gasteiger partial charge in [0.1, 0.15) is 13.1 Å². The van der Waals surface area contributed by atoms with Gasteiger partial charge in [0.05, 0.1) is 23.1 Å². The minimum Gasteiger partial charge on any atom is -0.324 e. The van der Waals surface area contributed by atoms with Crippen molar-refractivity contribution < 1.29 is 9.59 Å². The van der Waals surface area contributed by atoms with Gasteiger partial charge in [-0.25, -0.2) is 0 Å². The molecule has 1 aliphatic rings. The Kier molecular flexibility index (Phi) is 5.26. The molecule has 0 saturated carbocycles. The van der Waals surface area contributed by atoms with Gasteiger partial charge in [-0.1, -0.05) is 11.6 Å². The number of amides is 2. The quantitative estimate of drug-likeness (QED) is 0.849. The van der Waals surface area contributed by atoms with Crippen LogP contribution in [0.15, 0.2) is 23.1 Å². The van der Waals surface area contributed by atoms with Gasteiger partial charge < -0.3 is 10.2 Å². The molecule has 0 aliphatic carbocycles. The van der Waals surface area contributed by atoms with Crippen molar-refractivity contribution in [2.45, 2.75) is 16.6 Å². The van der Waals surface area contributed by atoms with Crippen LogP contribution in [0, 0.1) is 22.7 Å². The molecule has 2 rings (SSSR count). The number of carbonyl (C=O) groups excluding carboxylic acids is 2. The van der Waals surface area contributed by atoms with Gasteiger partial charge in [0, 0.05) is 16.3 Å². The molecule has 22 heavy (non-hydrogen) atoms. The number of carbonyl (C=O) groups is 2. The van der Waals surface area contributed by atoms with Crippen LogP contribution in [0.1, 0.15) is 6.42 Å². The third-order valence-corrected chi connectivity index (χ3v) is 4.51. The van der Waals surface area contributed by atoms with Crippen molar-refractivity contribution in [3.8, 4) is 12.1 Å². The van der Waals surface area contributed by atoms with Crippen LogP contribution in [0.4, 0.5) is 5.69 Å². The monoisotopic (exact) mass is 334 g/mol. The van der Waals surface area contributed by atoms with E-state index in [2.05, 4.69) is 5.32 Å². The summed E-state index contributed by atoms with van der Waals surface area (Å²) in [6.07, 6.45) is -0.0675. The summed E-state index contributed by atoms with van der Waals surface area (Å²) in [5.41, 5.74) is 0.622. The summed E-state index contributed by atoms with van der Waals surface area (Å²) in [5, 5.41) is 20.0. The minimum absolute atomic E-state index is 0.0675. The molecule has 1 aliphatic heterocycles. The van der Waals surface area contributed by atoms with Crippen LogP contribution in [0.3, 0.4) is 0 Å². The lowest BCUT2D eigenvalue weighted by molar-refractivity contribution is -0.131. The fraction of sp³-hybridized carbons (Fsp3) is 0.286. The Balaban J connectivity index is 2.09. The first-order valence-corrected chi connectivity index (χ1v) is 7.59. The van der Waals surface area contributed by atoms with E-state index < -0.39 is 11.2 Å². The van der Waals surface area contributed by atoms with Crippen LogP contribution in [0.5, 0.6) is 0 Å². The van der Waals surface area contributed by atoms with Crippen molar-refractivity contribution in [3.63, 3.8) is 0 Å². The molecule has 0 radical (unpaired) electrons. The number of benzene rings is 1. The Morgan fingerprint density at radius 2 is 2.05 bits per heavy atom. The molecule has 0 saturated heterocycles. The number of hydrogen-bond donors (Lipinski definition) is 1. The van der Waals surface area contributed by atoms with E-state index in [0.29, 0.717) is 10.7 Å². The Bertz CT molecular complexity index is 679. The van der Waals surface area contributed by atoms with Gasteiger partial charge >= 0.3 is 0 Å². The van der Waals surface area contributed by atoms with Crippen molar-refractivity contribution in [1.82, 2.24) is 4.90 Å². The molecule has 8 heteroatoms. The van der Waals surface area contributed by atoms with Gasteiger partial charge in [-0.05, 0) is 18.2 Å². The second-order valence-electron chi connectivity index (χ2n) is 4.51. The Morgan fingerprint density at radius 1 is 1.36 bits per heavy atom. The molecule has 1 heterocycles. The molecular formula is C14H11ClN4O2S. The van der Waals surface area contributed by atoms with Crippen LogP contribution in [-0.4, -0.2) is 35.1 Å². The molecule has 112 valence electrons. The molecule has 1 unspecified atom stereocenters. The molecule has 1 N–H and O–H groups in total. The molecule has 1 atom stereocenters. The Hall–Kier alpha value is -2.22. The number of nitrogens with one attached hydrogen (secondary N) is 1. The van der Waals surface area contributed by atoms with Crippen molar-refractivity contribution in [3.05, 3.63) is 23.2 Å². The van der Waals surface area contributed by atoms with Gasteiger partial charge in [-0.2, -0.15) is 10.5 Å². The van der Waals surface area contributed by atoms with Crippen LogP contribution in [0.25, 0.3) is 0 Å². The molecule has 0 spiro atoms. The summed E-state index contributed by atoms with van der Waals surface area (Å²) in [6.45, 7) is -0.338. The number of halogens is 1. The highest BCUT2D eigenvalue weighted by Gasteiger charge is 2.30. The predicted molar refractivity (Wildman–Crippen MR) is 82.1 cm³/mol. The molecule has 0 fully saturated rings. The average Bonchev–Trinajstić information content (AvgIpc) is 2.48. The maximum absolute atomic E-state index is 12.1. The number of fused-ring (bicyclic) bond motifs is 1. The number of thioether (sulfide) groups is 1. The standard InChI is InChI=1S/C14H11ClN4O2S/c15-9-1-2-11-10(7-9)18-14(21)12(22-11)8-13(20)19(5-3-16)6-4-17/h1-2,7,12H,5-6,8H2,(H,18,21). The number of hydrogen-bond acceptors (Lipinski definition) is 5. The van der Waals surface area contributed by atoms with E-state index in [1.54, 1.807) is 18.2 Å². The number of nitrogens with zero attached hydrogens (tertiary/aromatic N) is 3. The first kappa shape index (κ1) is 16.2. The highest BCUT2D eigenvalue weighted by atomic mass is 35.5. The van der Waals surface area contributed by atoms with E-state index in [1.807, 2.05) is 12.1 Å². The maximum Gasteiger partial charge on any atom is 0.238 e. The first-order valence-electron chi connectivity index (χ1n) is 6.34. The fourth-order valence-corrected chi connectivity index (χ4v) is 3.20. The highest BCUT2D eigenvalue weighted by Crippen LogP contribution is 2.38. The summed E-state index contributed by atoms with van der Waals surface area (Å²) < 4.78 is 0. The Labute approximate surface area is 136 Å². The van der Waals surface area contributed by atoms with Crippen molar-refractivity contribution in [2.75, 3.05) is 18.4 Å². The van der Waals surface area contributed by atoms with Gasteiger partial charge in [0.15, 0.2) is 0 Å². The second-order valence-corrected chi connectivity index (χ2v) is 6.19. The van der Waals surface area contributed by atoms with E-state index in [1.165, 1.54) is 11.8 Å². The van der Waals surface area contributed by atoms with Gasteiger partial charge in [-0.15, -0.1) is 11.8 Å². The topological polar surface area (TPSA) is 97.0 Å². The fourth-order valence-electron chi connectivity index (χ4n) is 1.95. The summed E-state index contributed by atoms with van der Waals surface area (Å²) in [7, 11) is 0. The van der Waals surface area contributed by atoms with Crippen molar-refractivity contribution in [2.24, 2.45) is 0 Å². The predicted octanol–water partition coefficient (Wildman–Crippen LogP) is 2.02. The van der Waals surface area contributed by atoms with Crippen LogP contribution < -0.4 is 5.32 Å². The lowest BCUT2D eigenvalue weighted by Crippen LogP contribution is -2.38. The molecule has 2 amide bonds. The van der Waals surface area contributed by atoms with Crippen molar-refractivity contribution >= 4 is 40.9 Å². The van der Waals surface area contributed by atoms with E-state index in [4.69, 9.17) is 22.1 Å². The average molecular weight is 335 g/mol. The normalized spacial score (nSPS) is 16.0. The molecule has 6 nitrogen and oxygen atoms in total. The molecule has 1 aromatic rings. The van der Waals surface area contributed by atoms with Crippen LogP contribution >= 0.6 is 23.4 Å². The molecule has 0 bridgehead atoms. The summed E-state index contributed by atoms with van der Waals surface area (Å²) in [4.78, 5) is 26.1. The van der Waals surface area contributed by atoms with Gasteiger partial charge in [0.2, 0.25) is 11.8 Å². The van der Waals surface area contributed by atoms with E-state index in [9.17, 15) is 9.59 Å². The summed E-state index contributed by atoms with van der Waals surface area (Å²) in [5.74, 6) is -0.685. The van der Waals surface area contributed by atoms with E-state index >= 15 is 0 Å². The highest BCUT2D eigenvalue weighted by molar-refractivity contribution is 8.01. The third-order valence-electron chi connectivity index (χ3n) is 3.00.